The first-order chi connectivity index (χ1) is 12.6. The zero-order valence-corrected chi connectivity index (χ0v) is 15.0. The number of hydrogen-bond acceptors (Lipinski definition) is 3. The molecule has 1 aliphatic carbocycles. The van der Waals surface area contributed by atoms with Crippen molar-refractivity contribution in [1.82, 2.24) is 9.78 Å². The van der Waals surface area contributed by atoms with Crippen molar-refractivity contribution in [3.05, 3.63) is 47.3 Å². The van der Waals surface area contributed by atoms with E-state index in [2.05, 4.69) is 10.4 Å². The van der Waals surface area contributed by atoms with Gasteiger partial charge in [-0.15, -0.1) is 0 Å². The van der Waals surface area contributed by atoms with E-state index in [1.165, 1.54) is 11.6 Å². The minimum atomic E-state index is -4.50. The fourth-order valence-corrected chi connectivity index (χ4v) is 2.82. The van der Waals surface area contributed by atoms with Crippen molar-refractivity contribution in [2.24, 2.45) is 5.92 Å². The summed E-state index contributed by atoms with van der Waals surface area (Å²) in [4.78, 5) is 23.7. The lowest BCUT2D eigenvalue weighted by Gasteiger charge is -2.14. The molecule has 0 bridgehead atoms. The van der Waals surface area contributed by atoms with Gasteiger partial charge >= 0.3 is 6.18 Å². The topological polar surface area (TPSA) is 64.0 Å². The highest BCUT2D eigenvalue weighted by atomic mass is 19.4. The van der Waals surface area contributed by atoms with Crippen molar-refractivity contribution in [2.45, 2.75) is 45.3 Å². The highest BCUT2D eigenvalue weighted by molar-refractivity contribution is 5.96. The van der Waals surface area contributed by atoms with Gasteiger partial charge in [0.05, 0.1) is 12.5 Å². The lowest BCUT2D eigenvalue weighted by Crippen LogP contribution is -2.25. The summed E-state index contributed by atoms with van der Waals surface area (Å²) in [6.45, 7) is 3.16. The molecule has 0 radical (unpaired) electrons. The quantitative estimate of drug-likeness (QED) is 0.763. The number of alkyl halides is 3. The molecule has 1 saturated carbocycles. The average Bonchev–Trinajstić information content (AvgIpc) is 3.34. The number of aromatic nitrogens is 2. The molecule has 2 aromatic rings. The lowest BCUT2D eigenvalue weighted by atomic mass is 10.1. The summed E-state index contributed by atoms with van der Waals surface area (Å²) in [5, 5.41) is 6.39. The molecule has 1 amide bonds. The Bertz CT molecular complexity index is 852. The van der Waals surface area contributed by atoms with E-state index in [1.807, 2.05) is 0 Å². The van der Waals surface area contributed by atoms with Gasteiger partial charge in [-0.3, -0.25) is 14.3 Å². The number of carbonyl (C=O) groups is 2. The van der Waals surface area contributed by atoms with Gasteiger partial charge in [-0.25, -0.2) is 0 Å². The molecular weight excluding hydrogens is 359 g/mol. The van der Waals surface area contributed by atoms with Crippen molar-refractivity contribution in [3.63, 3.8) is 0 Å². The monoisotopic (exact) mass is 379 g/mol. The van der Waals surface area contributed by atoms with Crippen LogP contribution in [0.1, 0.15) is 54.4 Å². The number of ketones is 1. The molecule has 144 valence electrons. The van der Waals surface area contributed by atoms with Crippen molar-refractivity contribution >= 4 is 17.4 Å². The molecule has 3 rings (SSSR count). The number of amides is 1. The van der Waals surface area contributed by atoms with Crippen molar-refractivity contribution in [3.8, 4) is 0 Å². The van der Waals surface area contributed by atoms with Crippen molar-refractivity contribution in [1.29, 1.82) is 0 Å². The summed E-state index contributed by atoms with van der Waals surface area (Å²) >= 11 is 0. The third-order valence-corrected chi connectivity index (χ3v) is 4.55. The van der Waals surface area contributed by atoms with Crippen molar-refractivity contribution < 1.29 is 22.8 Å². The standard InChI is InChI=1S/C19H20F3N3O2/c1-11(18(27)23-15-7-5-13(6-8-15)12(2)26)10-25-16(14-3-4-14)9-17(24-25)19(20,21)22/h5-9,11,14H,3-4,10H2,1-2H3,(H,23,27)/t11-/m0/s1. The molecule has 0 aliphatic heterocycles. The smallest absolute Gasteiger partial charge is 0.326 e. The summed E-state index contributed by atoms with van der Waals surface area (Å²) in [5.41, 5.74) is 0.673. The highest BCUT2D eigenvalue weighted by Crippen LogP contribution is 2.42. The predicted octanol–water partition coefficient (Wildman–Crippen LogP) is 4.26. The van der Waals surface area contributed by atoms with Crippen LogP contribution >= 0.6 is 0 Å². The maximum Gasteiger partial charge on any atom is 0.435 e. The van der Waals surface area contributed by atoms with E-state index >= 15 is 0 Å². The van der Waals surface area contributed by atoms with Crippen LogP contribution in [0.4, 0.5) is 18.9 Å². The van der Waals surface area contributed by atoms with E-state index in [1.54, 1.807) is 31.2 Å². The van der Waals surface area contributed by atoms with Gasteiger partial charge in [-0.1, -0.05) is 6.92 Å². The molecule has 27 heavy (non-hydrogen) atoms. The molecule has 1 fully saturated rings. The molecule has 8 heteroatoms. The SMILES string of the molecule is CC(=O)c1ccc(NC(=O)[C@@H](C)Cn2nc(C(F)(F)F)cc2C2CC2)cc1. The van der Waals surface area contributed by atoms with Crippen LogP contribution in [0.2, 0.25) is 0 Å². The maximum atomic E-state index is 13.0. The molecular formula is C19H20F3N3O2. The molecule has 1 atom stereocenters. The Hall–Kier alpha value is -2.64. The van der Waals surface area contributed by atoms with Gasteiger partial charge in [-0.05, 0) is 50.1 Å². The van der Waals surface area contributed by atoms with E-state index in [4.69, 9.17) is 0 Å². The number of carbonyl (C=O) groups excluding carboxylic acids is 2. The summed E-state index contributed by atoms with van der Waals surface area (Å²) in [6, 6.07) is 7.54. The fourth-order valence-electron chi connectivity index (χ4n) is 2.82. The van der Waals surface area contributed by atoms with E-state index in [0.717, 1.165) is 18.9 Å². The van der Waals surface area contributed by atoms with Crippen LogP contribution in [0.15, 0.2) is 30.3 Å². The first kappa shape index (κ1) is 19.1. The minimum absolute atomic E-state index is 0.0687. The number of halogens is 3. The number of benzene rings is 1. The number of hydrogen-bond donors (Lipinski definition) is 1. The van der Waals surface area contributed by atoms with E-state index in [0.29, 0.717) is 16.9 Å². The molecule has 5 nitrogen and oxygen atoms in total. The van der Waals surface area contributed by atoms with Gasteiger partial charge in [0.25, 0.3) is 0 Å². The summed E-state index contributed by atoms with van der Waals surface area (Å²) in [7, 11) is 0. The minimum Gasteiger partial charge on any atom is -0.326 e. The van der Waals surface area contributed by atoms with E-state index < -0.39 is 17.8 Å². The third kappa shape index (κ3) is 4.56. The largest absolute Gasteiger partial charge is 0.435 e. The normalized spacial score (nSPS) is 15.4. The molecule has 1 aliphatic rings. The first-order valence-corrected chi connectivity index (χ1v) is 8.72. The summed E-state index contributed by atoms with van der Waals surface area (Å²) in [6.07, 6.45) is -2.82. The van der Waals surface area contributed by atoms with Crippen LogP contribution in [-0.2, 0) is 17.5 Å². The van der Waals surface area contributed by atoms with Crippen LogP contribution in [0.3, 0.4) is 0 Å². The predicted molar refractivity (Wildman–Crippen MR) is 93.4 cm³/mol. The third-order valence-electron chi connectivity index (χ3n) is 4.55. The Labute approximate surface area is 154 Å². The second-order valence-corrected chi connectivity index (χ2v) is 6.93. The second kappa shape index (κ2) is 7.17. The van der Waals surface area contributed by atoms with Gasteiger partial charge in [0, 0.05) is 22.9 Å². The van der Waals surface area contributed by atoms with Gasteiger partial charge < -0.3 is 5.32 Å². The van der Waals surface area contributed by atoms with Crippen LogP contribution < -0.4 is 5.32 Å². The van der Waals surface area contributed by atoms with Crippen LogP contribution in [0.25, 0.3) is 0 Å². The molecule has 0 spiro atoms. The van der Waals surface area contributed by atoms with Crippen LogP contribution in [0.5, 0.6) is 0 Å². The summed E-state index contributed by atoms with van der Waals surface area (Å²) < 4.78 is 40.2. The van der Waals surface area contributed by atoms with Gasteiger partial charge in [-0.2, -0.15) is 18.3 Å². The molecule has 1 N–H and O–H groups in total. The molecule has 1 heterocycles. The molecule has 1 aromatic carbocycles. The van der Waals surface area contributed by atoms with E-state index in [-0.39, 0.29) is 24.2 Å². The summed E-state index contributed by atoms with van der Waals surface area (Å²) in [5.74, 6) is -0.886. The lowest BCUT2D eigenvalue weighted by molar-refractivity contribution is -0.141. The number of nitrogens with zero attached hydrogens (tertiary/aromatic N) is 2. The molecule has 0 saturated heterocycles. The van der Waals surface area contributed by atoms with Crippen molar-refractivity contribution in [2.75, 3.05) is 5.32 Å². The number of anilines is 1. The highest BCUT2D eigenvalue weighted by Gasteiger charge is 2.38. The van der Waals surface area contributed by atoms with E-state index in [9.17, 15) is 22.8 Å². The Morgan fingerprint density at radius 2 is 1.89 bits per heavy atom. The van der Waals surface area contributed by atoms with Crippen LogP contribution in [0, 0.1) is 5.92 Å². The van der Waals surface area contributed by atoms with Gasteiger partial charge in [0.15, 0.2) is 11.5 Å². The van der Waals surface area contributed by atoms with Gasteiger partial charge in [0.1, 0.15) is 0 Å². The number of rotatable bonds is 6. The molecule has 1 aromatic heterocycles. The Kier molecular flexibility index (Phi) is 5.08. The zero-order valence-electron chi connectivity index (χ0n) is 15.0. The zero-order chi connectivity index (χ0) is 19.8. The Morgan fingerprint density at radius 3 is 2.41 bits per heavy atom. The van der Waals surface area contributed by atoms with Gasteiger partial charge in [0.2, 0.25) is 5.91 Å². The average molecular weight is 379 g/mol. The van der Waals surface area contributed by atoms with Crippen LogP contribution in [-0.4, -0.2) is 21.5 Å². The Balaban J connectivity index is 1.69. The maximum absolute atomic E-state index is 13.0. The molecule has 0 unspecified atom stereocenters. The number of nitrogens with one attached hydrogen (secondary N) is 1. The number of Topliss-reactive ketones (excluding diaryl/α,β-unsaturated/α-hetero) is 1. The Morgan fingerprint density at radius 1 is 1.26 bits per heavy atom. The fraction of sp³-hybridized carbons (Fsp3) is 0.421. The second-order valence-electron chi connectivity index (χ2n) is 6.93. The first-order valence-electron chi connectivity index (χ1n) is 8.72.